The Morgan fingerprint density at radius 1 is 0.839 bits per heavy atom. The standard InChI is InChI=1S/C12H10.C10H8N2O2.C2H6O.C2H6/c1-3-7-11(8-4-1)12-9-5-2-6-10-12;1-6-5-8(10(13)14)7-3-2-4-11-9(7)12-6;1-3-2;1-2/h1-10H;2-5H,1H3,(H,13,14);1-2H3;1-2H3. The van der Waals surface area contributed by atoms with Gasteiger partial charge in [0.15, 0.2) is 5.65 Å². The molecule has 0 unspecified atom stereocenters. The molecule has 2 aromatic heterocycles. The average Bonchev–Trinajstić information content (AvgIpc) is 2.82. The van der Waals surface area contributed by atoms with E-state index < -0.39 is 5.97 Å². The van der Waals surface area contributed by atoms with Crippen LogP contribution in [0.5, 0.6) is 0 Å². The van der Waals surface area contributed by atoms with Crippen molar-refractivity contribution in [2.75, 3.05) is 14.2 Å². The fourth-order valence-corrected chi connectivity index (χ4v) is 2.62. The molecule has 0 aliphatic heterocycles. The third kappa shape index (κ3) is 8.36. The largest absolute Gasteiger partial charge is 0.478 e. The van der Waals surface area contributed by atoms with Gasteiger partial charge in [-0.15, -0.1) is 0 Å². The number of aryl methyl sites for hydroxylation is 1. The summed E-state index contributed by atoms with van der Waals surface area (Å²) in [6.07, 6.45) is 1.60. The monoisotopic (exact) mass is 418 g/mol. The molecule has 0 atom stereocenters. The predicted octanol–water partition coefficient (Wildman–Crippen LogP) is 6.28. The van der Waals surface area contributed by atoms with E-state index in [9.17, 15) is 4.79 Å². The average molecular weight is 419 g/mol. The number of nitrogens with zero attached hydrogens (tertiary/aromatic N) is 2. The number of hydrogen-bond acceptors (Lipinski definition) is 4. The number of carbonyl (C=O) groups is 1. The predicted molar refractivity (Wildman–Crippen MR) is 127 cm³/mol. The zero-order valence-electron chi connectivity index (χ0n) is 18.7. The van der Waals surface area contributed by atoms with Gasteiger partial charge in [0, 0.05) is 31.5 Å². The minimum Gasteiger partial charge on any atom is -0.478 e. The summed E-state index contributed by atoms with van der Waals surface area (Å²) in [5.41, 5.74) is 3.94. The van der Waals surface area contributed by atoms with Crippen LogP contribution >= 0.6 is 0 Å². The SMILES string of the molecule is CC.COC.Cc1cc(C(=O)O)c2cccnc2n1.c1ccc(-c2ccccc2)cc1. The van der Waals surface area contributed by atoms with Crippen LogP contribution in [0.2, 0.25) is 0 Å². The van der Waals surface area contributed by atoms with E-state index in [4.69, 9.17) is 5.11 Å². The van der Waals surface area contributed by atoms with Gasteiger partial charge in [-0.3, -0.25) is 0 Å². The molecule has 1 N–H and O–H groups in total. The van der Waals surface area contributed by atoms with Crippen molar-refractivity contribution in [2.24, 2.45) is 0 Å². The van der Waals surface area contributed by atoms with Gasteiger partial charge in [-0.25, -0.2) is 14.8 Å². The number of hydrogen-bond donors (Lipinski definition) is 1. The molecule has 2 heterocycles. The van der Waals surface area contributed by atoms with Crippen LogP contribution < -0.4 is 0 Å². The second kappa shape index (κ2) is 14.4. The minimum atomic E-state index is -0.950. The smallest absolute Gasteiger partial charge is 0.336 e. The number of carboxylic acid groups (broad SMARTS) is 1. The van der Waals surface area contributed by atoms with Crippen molar-refractivity contribution < 1.29 is 14.6 Å². The lowest BCUT2D eigenvalue weighted by atomic mass is 10.1. The van der Waals surface area contributed by atoms with Crippen molar-refractivity contribution in [3.63, 3.8) is 0 Å². The number of carboxylic acids is 1. The molecule has 4 aromatic rings. The highest BCUT2D eigenvalue weighted by atomic mass is 16.4. The third-order valence-electron chi connectivity index (χ3n) is 3.82. The Morgan fingerprint density at radius 2 is 1.32 bits per heavy atom. The summed E-state index contributed by atoms with van der Waals surface area (Å²) in [6.45, 7) is 5.75. The molecular formula is C26H30N2O3. The van der Waals surface area contributed by atoms with Gasteiger partial charge in [-0.1, -0.05) is 74.5 Å². The minimum absolute atomic E-state index is 0.251. The number of pyridine rings is 2. The number of fused-ring (bicyclic) bond motifs is 1. The normalized spacial score (nSPS) is 9.19. The molecule has 0 fully saturated rings. The topological polar surface area (TPSA) is 72.3 Å². The summed E-state index contributed by atoms with van der Waals surface area (Å²) in [7, 11) is 3.25. The van der Waals surface area contributed by atoms with Crippen molar-refractivity contribution >= 4 is 17.0 Å². The molecule has 2 aromatic carbocycles. The first-order chi connectivity index (χ1) is 15.1. The highest BCUT2D eigenvalue weighted by Crippen LogP contribution is 2.17. The fourth-order valence-electron chi connectivity index (χ4n) is 2.62. The van der Waals surface area contributed by atoms with E-state index in [1.807, 2.05) is 26.0 Å². The van der Waals surface area contributed by atoms with Crippen molar-refractivity contribution in [1.29, 1.82) is 0 Å². The Morgan fingerprint density at radius 3 is 1.77 bits per heavy atom. The second-order valence-corrected chi connectivity index (χ2v) is 6.13. The Kier molecular flexibility index (Phi) is 11.8. The highest BCUT2D eigenvalue weighted by Gasteiger charge is 2.10. The van der Waals surface area contributed by atoms with Crippen LogP contribution in [0.4, 0.5) is 0 Å². The lowest BCUT2D eigenvalue weighted by molar-refractivity contribution is 0.0699. The molecule has 0 spiro atoms. The third-order valence-corrected chi connectivity index (χ3v) is 3.82. The summed E-state index contributed by atoms with van der Waals surface area (Å²) in [4.78, 5) is 19.1. The molecule has 0 saturated heterocycles. The molecule has 162 valence electrons. The number of benzene rings is 2. The summed E-state index contributed by atoms with van der Waals surface area (Å²) in [5, 5.41) is 9.53. The second-order valence-electron chi connectivity index (χ2n) is 6.13. The van der Waals surface area contributed by atoms with E-state index >= 15 is 0 Å². The van der Waals surface area contributed by atoms with E-state index in [2.05, 4.69) is 63.2 Å². The highest BCUT2D eigenvalue weighted by molar-refractivity contribution is 6.01. The van der Waals surface area contributed by atoms with Crippen LogP contribution in [-0.2, 0) is 4.74 Å². The molecule has 0 amide bonds. The maximum atomic E-state index is 10.9. The molecule has 5 nitrogen and oxygen atoms in total. The van der Waals surface area contributed by atoms with E-state index in [0.717, 1.165) is 0 Å². The zero-order valence-corrected chi connectivity index (χ0v) is 18.7. The van der Waals surface area contributed by atoms with E-state index in [0.29, 0.717) is 16.7 Å². The Hall–Kier alpha value is -3.57. The number of aromatic carboxylic acids is 1. The van der Waals surface area contributed by atoms with Gasteiger partial charge in [0.2, 0.25) is 0 Å². The lowest BCUT2D eigenvalue weighted by Crippen LogP contribution is -2.00. The van der Waals surface area contributed by atoms with Crippen LogP contribution in [-0.4, -0.2) is 35.3 Å². The molecule has 4 rings (SSSR count). The number of methoxy groups -OCH3 is 1. The first-order valence-electron chi connectivity index (χ1n) is 10.0. The molecule has 31 heavy (non-hydrogen) atoms. The molecule has 0 aliphatic rings. The van der Waals surface area contributed by atoms with E-state index in [1.54, 1.807) is 45.5 Å². The molecule has 0 saturated carbocycles. The number of ether oxygens (including phenoxy) is 1. The number of rotatable bonds is 2. The Balaban J connectivity index is 0.000000259. The van der Waals surface area contributed by atoms with Crippen molar-refractivity contribution in [3.8, 4) is 11.1 Å². The summed E-state index contributed by atoms with van der Waals surface area (Å²) in [6, 6.07) is 25.7. The fraction of sp³-hybridized carbons (Fsp3) is 0.192. The van der Waals surface area contributed by atoms with Gasteiger partial charge in [0.25, 0.3) is 0 Å². The van der Waals surface area contributed by atoms with Gasteiger partial charge in [-0.05, 0) is 36.2 Å². The van der Waals surface area contributed by atoms with Crippen LogP contribution in [0.25, 0.3) is 22.2 Å². The van der Waals surface area contributed by atoms with Crippen LogP contribution in [0.15, 0.2) is 85.1 Å². The van der Waals surface area contributed by atoms with Gasteiger partial charge in [0.05, 0.1) is 5.56 Å². The van der Waals surface area contributed by atoms with E-state index in [-0.39, 0.29) is 5.56 Å². The molecule has 0 bridgehead atoms. The van der Waals surface area contributed by atoms with Crippen molar-refractivity contribution in [1.82, 2.24) is 9.97 Å². The maximum Gasteiger partial charge on any atom is 0.336 e. The summed E-state index contributed by atoms with van der Waals surface area (Å²) in [5.74, 6) is -0.950. The molecule has 0 radical (unpaired) electrons. The lowest BCUT2D eigenvalue weighted by Gasteiger charge is -2.01. The summed E-state index contributed by atoms with van der Waals surface area (Å²) < 4.78 is 4.25. The van der Waals surface area contributed by atoms with Crippen LogP contribution in [0, 0.1) is 6.92 Å². The Labute approximate surface area is 184 Å². The van der Waals surface area contributed by atoms with Gasteiger partial charge in [0.1, 0.15) is 0 Å². The van der Waals surface area contributed by atoms with Gasteiger partial charge in [-0.2, -0.15) is 0 Å². The van der Waals surface area contributed by atoms with E-state index in [1.165, 1.54) is 11.1 Å². The van der Waals surface area contributed by atoms with Crippen LogP contribution in [0.3, 0.4) is 0 Å². The first-order valence-corrected chi connectivity index (χ1v) is 10.0. The Bertz CT molecular complexity index is 999. The van der Waals surface area contributed by atoms with Crippen molar-refractivity contribution in [2.45, 2.75) is 20.8 Å². The maximum absolute atomic E-state index is 10.9. The number of aromatic nitrogens is 2. The zero-order chi connectivity index (χ0) is 23.1. The molecule has 5 heteroatoms. The van der Waals surface area contributed by atoms with Crippen molar-refractivity contribution in [3.05, 3.63) is 96.3 Å². The summed E-state index contributed by atoms with van der Waals surface area (Å²) >= 11 is 0. The first kappa shape index (κ1) is 25.5. The molecule has 0 aliphatic carbocycles. The van der Waals surface area contributed by atoms with Gasteiger partial charge >= 0.3 is 5.97 Å². The van der Waals surface area contributed by atoms with Crippen LogP contribution in [0.1, 0.15) is 29.9 Å². The quantitative estimate of drug-likeness (QED) is 0.415. The molecular weight excluding hydrogens is 388 g/mol. The van der Waals surface area contributed by atoms with Gasteiger partial charge < -0.3 is 9.84 Å².